The van der Waals surface area contributed by atoms with E-state index in [1.807, 2.05) is 18.7 Å². The first kappa shape index (κ1) is 27.0. The maximum absolute atomic E-state index is 15.5. The van der Waals surface area contributed by atoms with Crippen LogP contribution in [0.25, 0.3) is 11.0 Å². The highest BCUT2D eigenvalue weighted by Crippen LogP contribution is 2.47. The predicted octanol–water partition coefficient (Wildman–Crippen LogP) is 5.50. The second-order valence-electron chi connectivity index (χ2n) is 9.62. The lowest BCUT2D eigenvalue weighted by atomic mass is 9.98. The third-order valence-corrected chi connectivity index (χ3v) is 9.32. The van der Waals surface area contributed by atoms with Crippen molar-refractivity contribution in [1.29, 1.82) is 0 Å². The van der Waals surface area contributed by atoms with Crippen LogP contribution in [0.2, 0.25) is 0 Å². The van der Waals surface area contributed by atoms with Crippen LogP contribution in [-0.2, 0) is 22.4 Å². The summed E-state index contributed by atoms with van der Waals surface area (Å²) >= 11 is 6.23. The van der Waals surface area contributed by atoms with E-state index in [0.29, 0.717) is 22.3 Å². The Morgan fingerprint density at radius 3 is 2.21 bits per heavy atom. The van der Waals surface area contributed by atoms with Gasteiger partial charge in [-0.3, -0.25) is 0 Å². The van der Waals surface area contributed by atoms with Gasteiger partial charge >= 0.3 is 0 Å². The number of methoxy groups -OCH3 is 2. The van der Waals surface area contributed by atoms with Crippen molar-refractivity contribution in [3.63, 3.8) is 0 Å². The molecule has 0 aliphatic carbocycles. The first-order chi connectivity index (χ1) is 18.5. The van der Waals surface area contributed by atoms with Crippen LogP contribution in [0, 0.1) is 11.6 Å². The summed E-state index contributed by atoms with van der Waals surface area (Å²) < 4.78 is 69.8. The highest BCUT2D eigenvalue weighted by atomic mass is 35.5. The zero-order valence-corrected chi connectivity index (χ0v) is 23.6. The van der Waals surface area contributed by atoms with Gasteiger partial charge in [0, 0.05) is 36.8 Å². The van der Waals surface area contributed by atoms with E-state index in [1.165, 1.54) is 32.5 Å². The number of pyridine rings is 1. The fraction of sp³-hybridized carbons (Fsp3) is 0.296. The van der Waals surface area contributed by atoms with Crippen molar-refractivity contribution in [2.45, 2.75) is 36.8 Å². The van der Waals surface area contributed by atoms with E-state index in [2.05, 4.69) is 4.98 Å². The molecule has 0 spiro atoms. The molecule has 1 aliphatic rings. The summed E-state index contributed by atoms with van der Waals surface area (Å²) in [7, 11) is 0.369. The summed E-state index contributed by atoms with van der Waals surface area (Å²) in [6, 6.07) is 10.9. The average molecular weight is 577 g/mol. The molecule has 0 saturated carbocycles. The van der Waals surface area contributed by atoms with E-state index in [4.69, 9.17) is 21.1 Å². The first-order valence-electron chi connectivity index (χ1n) is 12.0. The van der Waals surface area contributed by atoms with Gasteiger partial charge in [-0.05, 0) is 32.0 Å². The minimum Gasteiger partial charge on any atom is -0.493 e. The van der Waals surface area contributed by atoms with Gasteiger partial charge in [-0.2, -0.15) is 0 Å². The average Bonchev–Trinajstić information content (AvgIpc) is 3.31. The van der Waals surface area contributed by atoms with E-state index in [0.717, 1.165) is 10.0 Å². The van der Waals surface area contributed by atoms with Crippen molar-refractivity contribution in [3.05, 3.63) is 71.6 Å². The number of nitrogens with zero attached hydrogens (tertiary/aromatic N) is 4. The smallest absolute Gasteiger partial charge is 0.269 e. The molecule has 2 aromatic heterocycles. The minimum atomic E-state index is -4.00. The van der Waals surface area contributed by atoms with Crippen molar-refractivity contribution >= 4 is 44.0 Å². The summed E-state index contributed by atoms with van der Waals surface area (Å²) in [6.07, 6.45) is 1.53. The molecule has 1 aliphatic heterocycles. The van der Waals surface area contributed by atoms with Crippen LogP contribution in [0.4, 0.5) is 20.2 Å². The number of aromatic nitrogens is 2. The fourth-order valence-corrected chi connectivity index (χ4v) is 6.83. The monoisotopic (exact) mass is 576 g/mol. The Balaban J connectivity index is 1.73. The molecule has 0 amide bonds. The standard InChI is InChI=1S/C27H27ClF2N4O4S/c1-27(2)32(3)24-16(15-33(27)25-22(29)20(37-4)12-21(38-5)23(25)30)14-31-26-19(24)11-17(13-28)34(26)39(35,36)18-9-7-6-8-10-18/h6-12,14H,13,15H2,1-5H3. The van der Waals surface area contributed by atoms with E-state index < -0.39 is 27.3 Å². The quantitative estimate of drug-likeness (QED) is 0.281. The molecule has 8 nitrogen and oxygen atoms in total. The third-order valence-electron chi connectivity index (χ3n) is 7.29. The first-order valence-corrected chi connectivity index (χ1v) is 14.0. The Labute approximate surface area is 230 Å². The van der Waals surface area contributed by atoms with E-state index in [-0.39, 0.29) is 40.2 Å². The zero-order valence-electron chi connectivity index (χ0n) is 22.0. The van der Waals surface area contributed by atoms with Gasteiger partial charge in [-0.15, -0.1) is 11.6 Å². The lowest BCUT2D eigenvalue weighted by molar-refractivity contribution is 0.350. The maximum Gasteiger partial charge on any atom is 0.269 e. The van der Waals surface area contributed by atoms with Gasteiger partial charge in [-0.25, -0.2) is 26.2 Å². The van der Waals surface area contributed by atoms with Crippen LogP contribution in [0.15, 0.2) is 53.6 Å². The predicted molar refractivity (Wildman–Crippen MR) is 146 cm³/mol. The molecule has 0 saturated heterocycles. The third kappa shape index (κ3) is 3.98. The SMILES string of the molecule is COc1cc(OC)c(F)c(N2Cc3cnc4c(cc(CCl)n4S(=O)(=O)c4ccccc4)c3N(C)C2(C)C)c1F. The number of anilines is 2. The molecule has 12 heteroatoms. The van der Waals surface area contributed by atoms with Crippen LogP contribution >= 0.6 is 11.6 Å². The molecule has 206 valence electrons. The highest BCUT2D eigenvalue weighted by molar-refractivity contribution is 7.90. The Hall–Kier alpha value is -3.57. The summed E-state index contributed by atoms with van der Waals surface area (Å²) in [5, 5.41) is 0.557. The Kier molecular flexibility index (Phi) is 6.62. The van der Waals surface area contributed by atoms with Crippen LogP contribution in [0.3, 0.4) is 0 Å². The van der Waals surface area contributed by atoms with Gasteiger partial charge < -0.3 is 19.3 Å². The van der Waals surface area contributed by atoms with Gasteiger partial charge in [0.2, 0.25) is 0 Å². The lowest BCUT2D eigenvalue weighted by Crippen LogP contribution is -2.59. The number of halogens is 3. The van der Waals surface area contributed by atoms with Crippen molar-refractivity contribution in [1.82, 2.24) is 8.96 Å². The fourth-order valence-electron chi connectivity index (χ4n) is 5.06. The summed E-state index contributed by atoms with van der Waals surface area (Å²) in [5.74, 6) is -2.11. The van der Waals surface area contributed by atoms with Crippen LogP contribution < -0.4 is 19.3 Å². The summed E-state index contributed by atoms with van der Waals surface area (Å²) in [4.78, 5) is 8.03. The van der Waals surface area contributed by atoms with Crippen LogP contribution in [-0.4, -0.2) is 44.3 Å². The molecule has 0 bridgehead atoms. The molecule has 0 fully saturated rings. The second kappa shape index (κ2) is 9.56. The Morgan fingerprint density at radius 1 is 1.03 bits per heavy atom. The number of hydrogen-bond donors (Lipinski definition) is 0. The van der Waals surface area contributed by atoms with Gasteiger partial charge in [0.15, 0.2) is 28.8 Å². The van der Waals surface area contributed by atoms with Crippen LogP contribution in [0.1, 0.15) is 25.1 Å². The number of rotatable bonds is 6. The van der Waals surface area contributed by atoms with E-state index >= 15 is 8.78 Å². The Bertz CT molecular complexity index is 1670. The largest absolute Gasteiger partial charge is 0.493 e. The van der Waals surface area contributed by atoms with Gasteiger partial charge in [0.05, 0.1) is 36.4 Å². The molecule has 0 N–H and O–H groups in total. The zero-order chi connectivity index (χ0) is 28.3. The molecule has 4 aromatic rings. The molecule has 0 unspecified atom stereocenters. The molecule has 3 heterocycles. The molecule has 0 radical (unpaired) electrons. The lowest BCUT2D eigenvalue weighted by Gasteiger charge is -2.51. The van der Waals surface area contributed by atoms with Gasteiger partial charge in [0.25, 0.3) is 10.0 Å². The number of fused-ring (bicyclic) bond motifs is 3. The number of alkyl halides is 1. The highest BCUT2D eigenvalue weighted by Gasteiger charge is 2.42. The molecule has 0 atom stereocenters. The number of benzene rings is 2. The van der Waals surface area contributed by atoms with Crippen LogP contribution in [0.5, 0.6) is 11.5 Å². The molecule has 2 aromatic carbocycles. The summed E-state index contributed by atoms with van der Waals surface area (Å²) in [6.45, 7) is 3.70. The number of hydrogen-bond acceptors (Lipinski definition) is 7. The summed E-state index contributed by atoms with van der Waals surface area (Å²) in [5.41, 5.74) is 0.594. The Morgan fingerprint density at radius 2 is 1.64 bits per heavy atom. The topological polar surface area (TPSA) is 76.9 Å². The maximum atomic E-state index is 15.5. The molecule has 5 rings (SSSR count). The van der Waals surface area contributed by atoms with E-state index in [9.17, 15) is 8.42 Å². The van der Waals surface area contributed by atoms with Gasteiger partial charge in [0.1, 0.15) is 11.4 Å². The normalized spacial score (nSPS) is 15.0. The van der Waals surface area contributed by atoms with Crippen molar-refractivity contribution in [2.24, 2.45) is 0 Å². The molecular formula is C27H27ClF2N4O4S. The van der Waals surface area contributed by atoms with E-state index in [1.54, 1.807) is 36.2 Å². The minimum absolute atomic E-state index is 0.0730. The molecular weight excluding hydrogens is 550 g/mol. The second-order valence-corrected chi connectivity index (χ2v) is 11.7. The van der Waals surface area contributed by atoms with Crippen molar-refractivity contribution < 1.29 is 26.7 Å². The van der Waals surface area contributed by atoms with Crippen molar-refractivity contribution in [2.75, 3.05) is 31.1 Å². The van der Waals surface area contributed by atoms with Crippen molar-refractivity contribution in [3.8, 4) is 11.5 Å². The van der Waals surface area contributed by atoms with Gasteiger partial charge in [-0.1, -0.05) is 18.2 Å². The number of ether oxygens (including phenoxy) is 2. The molecule has 39 heavy (non-hydrogen) atoms.